The molecule has 0 bridgehead atoms. The van der Waals surface area contributed by atoms with Gasteiger partial charge in [-0.15, -0.1) is 12.4 Å². The number of nitrogens with zero attached hydrogens (tertiary/aromatic N) is 2. The first-order valence-electron chi connectivity index (χ1n) is 7.62. The summed E-state index contributed by atoms with van der Waals surface area (Å²) in [7, 11) is 0. The molecule has 23 heavy (non-hydrogen) atoms. The summed E-state index contributed by atoms with van der Waals surface area (Å²) in [6.07, 6.45) is 1.69. The minimum atomic E-state index is -0.814. The van der Waals surface area contributed by atoms with Crippen LogP contribution < -0.4 is 0 Å². The van der Waals surface area contributed by atoms with Crippen LogP contribution in [0.2, 0.25) is 0 Å². The fraction of sp³-hybridized carbons (Fsp3) is 0.562. The van der Waals surface area contributed by atoms with Gasteiger partial charge in [0.2, 0.25) is 0 Å². The molecular weight excluding hydrogens is 326 g/mol. The molecule has 1 aliphatic heterocycles. The second-order valence-electron chi connectivity index (χ2n) is 5.68. The van der Waals surface area contributed by atoms with Gasteiger partial charge in [0, 0.05) is 18.2 Å². The molecular formula is C16H23ClF2N2O2. The summed E-state index contributed by atoms with van der Waals surface area (Å²) in [5.74, 6) is -2.40. The van der Waals surface area contributed by atoms with Crippen LogP contribution in [0.4, 0.5) is 8.78 Å². The number of hydrogen-bond acceptors (Lipinski definition) is 3. The van der Waals surface area contributed by atoms with E-state index in [0.717, 1.165) is 32.0 Å². The van der Waals surface area contributed by atoms with E-state index in [0.29, 0.717) is 18.7 Å². The highest BCUT2D eigenvalue weighted by atomic mass is 35.5. The van der Waals surface area contributed by atoms with Crippen molar-refractivity contribution in [2.45, 2.75) is 32.4 Å². The van der Waals surface area contributed by atoms with Gasteiger partial charge in [0.05, 0.1) is 6.54 Å². The van der Waals surface area contributed by atoms with Crippen LogP contribution in [-0.2, 0) is 11.3 Å². The lowest BCUT2D eigenvalue weighted by molar-refractivity contribution is -0.139. The molecule has 4 nitrogen and oxygen atoms in total. The average molecular weight is 349 g/mol. The number of carbonyl (C=O) groups is 1. The van der Waals surface area contributed by atoms with Crippen molar-refractivity contribution in [1.29, 1.82) is 0 Å². The topological polar surface area (TPSA) is 43.8 Å². The third-order valence-corrected chi connectivity index (χ3v) is 4.24. The van der Waals surface area contributed by atoms with Gasteiger partial charge in [0.1, 0.15) is 0 Å². The molecule has 0 aliphatic carbocycles. The second kappa shape index (κ2) is 9.15. The number of likely N-dealkylation sites (N-methyl/N-ethyl adjacent to an activating group) is 1. The van der Waals surface area contributed by atoms with Crippen LogP contribution in [0.1, 0.15) is 25.3 Å². The molecule has 0 atom stereocenters. The number of hydrogen-bond donors (Lipinski definition) is 1. The second-order valence-corrected chi connectivity index (χ2v) is 5.68. The molecule has 1 fully saturated rings. The zero-order valence-corrected chi connectivity index (χ0v) is 14.0. The highest BCUT2D eigenvalue weighted by molar-refractivity contribution is 5.85. The smallest absolute Gasteiger partial charge is 0.317 e. The van der Waals surface area contributed by atoms with Crippen LogP contribution in [0, 0.1) is 11.6 Å². The number of piperidine rings is 1. The minimum Gasteiger partial charge on any atom is -0.480 e. The Morgan fingerprint density at radius 1 is 1.35 bits per heavy atom. The van der Waals surface area contributed by atoms with E-state index in [9.17, 15) is 13.6 Å². The lowest BCUT2D eigenvalue weighted by Crippen LogP contribution is -2.46. The number of rotatable bonds is 6. The third-order valence-electron chi connectivity index (χ3n) is 4.24. The first kappa shape index (κ1) is 19.8. The summed E-state index contributed by atoms with van der Waals surface area (Å²) in [6, 6.07) is 4.49. The van der Waals surface area contributed by atoms with E-state index in [1.807, 2.05) is 11.8 Å². The summed E-state index contributed by atoms with van der Waals surface area (Å²) >= 11 is 0. The SMILES string of the molecule is CCN(CC(=O)O)C1CCN(Cc2cccc(F)c2F)CC1.Cl. The predicted molar refractivity (Wildman–Crippen MR) is 86.8 cm³/mol. The summed E-state index contributed by atoms with van der Waals surface area (Å²) in [5, 5.41) is 8.92. The lowest BCUT2D eigenvalue weighted by atomic mass is 10.0. The average Bonchev–Trinajstić information content (AvgIpc) is 2.50. The lowest BCUT2D eigenvalue weighted by Gasteiger charge is -2.37. The maximum Gasteiger partial charge on any atom is 0.317 e. The molecule has 0 radical (unpaired) electrons. The van der Waals surface area contributed by atoms with Crippen molar-refractivity contribution >= 4 is 18.4 Å². The summed E-state index contributed by atoms with van der Waals surface area (Å²) in [6.45, 7) is 4.63. The Morgan fingerprint density at radius 2 is 2.00 bits per heavy atom. The van der Waals surface area contributed by atoms with E-state index in [1.165, 1.54) is 6.07 Å². The minimum absolute atomic E-state index is 0. The molecule has 1 aliphatic rings. The molecule has 0 spiro atoms. The van der Waals surface area contributed by atoms with E-state index >= 15 is 0 Å². The van der Waals surface area contributed by atoms with E-state index in [1.54, 1.807) is 6.07 Å². The van der Waals surface area contributed by atoms with Gasteiger partial charge < -0.3 is 5.11 Å². The van der Waals surface area contributed by atoms with Crippen molar-refractivity contribution in [1.82, 2.24) is 9.80 Å². The first-order valence-corrected chi connectivity index (χ1v) is 7.62. The monoisotopic (exact) mass is 348 g/mol. The number of halogens is 3. The van der Waals surface area contributed by atoms with Gasteiger partial charge in [-0.25, -0.2) is 8.78 Å². The van der Waals surface area contributed by atoms with Gasteiger partial charge in [-0.1, -0.05) is 19.1 Å². The number of carboxylic acids is 1. The van der Waals surface area contributed by atoms with Gasteiger partial charge in [0.25, 0.3) is 0 Å². The van der Waals surface area contributed by atoms with Crippen LogP contribution >= 0.6 is 12.4 Å². The molecule has 0 amide bonds. The summed E-state index contributed by atoms with van der Waals surface area (Å²) < 4.78 is 26.9. The number of likely N-dealkylation sites (tertiary alicyclic amines) is 1. The van der Waals surface area contributed by atoms with Gasteiger partial charge in [0.15, 0.2) is 11.6 Å². The van der Waals surface area contributed by atoms with E-state index in [2.05, 4.69) is 4.90 Å². The fourth-order valence-corrected chi connectivity index (χ4v) is 3.03. The van der Waals surface area contributed by atoms with Crippen molar-refractivity contribution < 1.29 is 18.7 Å². The molecule has 0 aromatic heterocycles. The van der Waals surface area contributed by atoms with Gasteiger partial charge in [-0.3, -0.25) is 14.6 Å². The van der Waals surface area contributed by atoms with Crippen LogP contribution in [0.15, 0.2) is 18.2 Å². The van der Waals surface area contributed by atoms with E-state index in [4.69, 9.17) is 5.11 Å². The summed E-state index contributed by atoms with van der Waals surface area (Å²) in [5.41, 5.74) is 0.372. The maximum absolute atomic E-state index is 13.7. The van der Waals surface area contributed by atoms with E-state index in [-0.39, 0.29) is 25.0 Å². The zero-order valence-electron chi connectivity index (χ0n) is 13.2. The molecule has 0 unspecified atom stereocenters. The van der Waals surface area contributed by atoms with Crippen molar-refractivity contribution in [2.24, 2.45) is 0 Å². The van der Waals surface area contributed by atoms with E-state index < -0.39 is 17.6 Å². The Kier molecular flexibility index (Phi) is 7.88. The molecule has 7 heteroatoms. The standard InChI is InChI=1S/C16H22F2N2O2.ClH/c1-2-20(11-15(21)22)13-6-8-19(9-7-13)10-12-4-3-5-14(17)16(12)18;/h3-5,13H,2,6-11H2,1H3,(H,21,22);1H. The van der Waals surface area contributed by atoms with Gasteiger partial charge >= 0.3 is 5.97 Å². The number of benzene rings is 1. The normalized spacial score (nSPS) is 16.3. The van der Waals surface area contributed by atoms with Crippen molar-refractivity contribution in [2.75, 3.05) is 26.2 Å². The first-order chi connectivity index (χ1) is 10.5. The summed E-state index contributed by atoms with van der Waals surface area (Å²) in [4.78, 5) is 14.9. The van der Waals surface area contributed by atoms with Gasteiger partial charge in [-0.05, 0) is 38.5 Å². The van der Waals surface area contributed by atoms with Crippen molar-refractivity contribution in [3.05, 3.63) is 35.4 Å². The number of carboxylic acid groups (broad SMARTS) is 1. The molecule has 1 heterocycles. The van der Waals surface area contributed by atoms with Crippen LogP contribution in [0.3, 0.4) is 0 Å². The van der Waals surface area contributed by atoms with Crippen molar-refractivity contribution in [3.63, 3.8) is 0 Å². The Labute approximate surface area is 141 Å². The Balaban J connectivity index is 0.00000264. The fourth-order valence-electron chi connectivity index (χ4n) is 3.03. The largest absolute Gasteiger partial charge is 0.480 e. The molecule has 2 rings (SSSR count). The maximum atomic E-state index is 13.7. The Bertz CT molecular complexity index is 523. The zero-order chi connectivity index (χ0) is 16.1. The quantitative estimate of drug-likeness (QED) is 0.858. The Morgan fingerprint density at radius 3 is 2.57 bits per heavy atom. The van der Waals surface area contributed by atoms with Crippen molar-refractivity contribution in [3.8, 4) is 0 Å². The molecule has 1 saturated heterocycles. The molecule has 1 aromatic carbocycles. The van der Waals surface area contributed by atoms with Crippen LogP contribution in [-0.4, -0.2) is 53.1 Å². The number of aliphatic carboxylic acids is 1. The highest BCUT2D eigenvalue weighted by Gasteiger charge is 2.25. The molecule has 0 saturated carbocycles. The van der Waals surface area contributed by atoms with Crippen LogP contribution in [0.5, 0.6) is 0 Å². The molecule has 130 valence electrons. The van der Waals surface area contributed by atoms with Crippen LogP contribution in [0.25, 0.3) is 0 Å². The predicted octanol–water partition coefficient (Wildman–Crippen LogP) is 2.76. The highest BCUT2D eigenvalue weighted by Crippen LogP contribution is 2.20. The molecule has 1 N–H and O–H groups in total. The Hall–Kier alpha value is -1.24. The molecule has 1 aromatic rings. The third kappa shape index (κ3) is 5.41. The van der Waals surface area contributed by atoms with Gasteiger partial charge in [-0.2, -0.15) is 0 Å².